The summed E-state index contributed by atoms with van der Waals surface area (Å²) in [6, 6.07) is 0. The van der Waals surface area contributed by atoms with Gasteiger partial charge in [0.25, 0.3) is 0 Å². The highest BCUT2D eigenvalue weighted by Gasteiger charge is 2.30. The molecule has 0 rings (SSSR count). The number of hydrogen-bond donors (Lipinski definition) is 5. The molecular weight excluding hydrogens is 222 g/mol. The van der Waals surface area contributed by atoms with Gasteiger partial charge in [0.15, 0.2) is 6.29 Å². The topological polar surface area (TPSA) is 150 Å². The maximum absolute atomic E-state index is 10.8. The van der Waals surface area contributed by atoms with Crippen molar-refractivity contribution >= 4 is 12.3 Å². The highest BCUT2D eigenvalue weighted by molar-refractivity contribution is 5.71. The van der Waals surface area contributed by atoms with E-state index in [1.807, 2.05) is 0 Å². The summed E-state index contributed by atoms with van der Waals surface area (Å²) in [5.74, 6) is -0.836. The number of aldehydes is 1. The maximum atomic E-state index is 10.8. The van der Waals surface area contributed by atoms with Crippen molar-refractivity contribution < 1.29 is 36.2 Å². The quantitative estimate of drug-likeness (QED) is 0.213. The first-order chi connectivity index (χ1) is 7.93. The fourth-order valence-corrected chi connectivity index (χ4v) is 0.838. The number of nitrogens with two attached hydrogens (primary N) is 1. The van der Waals surface area contributed by atoms with Crippen molar-refractivity contribution in [1.82, 2.24) is 0 Å². The van der Waals surface area contributed by atoms with E-state index in [4.69, 9.17) is 11.6 Å². The lowest BCUT2D eigenvalue weighted by Gasteiger charge is -2.23. The van der Waals surface area contributed by atoms with Gasteiger partial charge in [-0.05, 0) is 0 Å². The summed E-state index contributed by atoms with van der Waals surface area (Å²) in [6.45, 7) is -1.04. The highest BCUT2D eigenvalue weighted by Crippen LogP contribution is 2.04. The molecular formula is C8H15NO7. The Balaban J connectivity index is 4.08. The van der Waals surface area contributed by atoms with Crippen molar-refractivity contribution in [2.75, 3.05) is 13.2 Å². The van der Waals surface area contributed by atoms with E-state index in [0.717, 1.165) is 0 Å². The van der Waals surface area contributed by atoms with Crippen LogP contribution >= 0.6 is 0 Å². The molecule has 0 aromatic carbocycles. The normalized spacial score (nSPS) is 19.1. The fourth-order valence-electron chi connectivity index (χ4n) is 0.838. The minimum atomic E-state index is -1.88. The monoisotopic (exact) mass is 238 g/mol. The first-order valence-electron chi connectivity index (χ1n) is 4.91. The number of esters is 1. The van der Waals surface area contributed by atoms with E-state index in [1.165, 1.54) is 0 Å². The summed E-state index contributed by atoms with van der Waals surface area (Å²) in [5, 5.41) is 36.6. The number of carbonyl (C=O) groups is 2. The Bertz CT molecular complexity index is 252. The lowest BCUT2D eigenvalue weighted by Crippen LogP contribution is -2.47. The summed E-state index contributed by atoms with van der Waals surface area (Å²) in [6.07, 6.45) is -7.22. The molecule has 6 N–H and O–H groups in total. The van der Waals surface area contributed by atoms with Crippen LogP contribution in [0.25, 0.3) is 0 Å². The van der Waals surface area contributed by atoms with E-state index >= 15 is 0 Å². The zero-order chi connectivity index (χ0) is 13.4. The predicted molar refractivity (Wildman–Crippen MR) is 50.1 cm³/mol. The van der Waals surface area contributed by atoms with Crippen LogP contribution in [-0.4, -0.2) is 70.2 Å². The Morgan fingerprint density at radius 3 is 2.50 bits per heavy atom. The van der Waals surface area contributed by atoms with Crippen LogP contribution in [0.3, 0.4) is 0 Å². The molecule has 0 amide bonds. The molecule has 16 heavy (non-hydrogen) atoms. The van der Waals surface area contributed by atoms with Crippen LogP contribution < -0.4 is 5.73 Å². The molecule has 0 fully saturated rings. The molecule has 8 nitrogen and oxygen atoms in total. The van der Waals surface area contributed by atoms with Gasteiger partial charge in [0.05, 0.1) is 6.54 Å². The van der Waals surface area contributed by atoms with Gasteiger partial charge >= 0.3 is 5.97 Å². The van der Waals surface area contributed by atoms with Gasteiger partial charge in [-0.3, -0.25) is 4.79 Å². The lowest BCUT2D eigenvalue weighted by molar-refractivity contribution is -0.155. The SMILES string of the molecule is [2H]NCC(=O)OC[C@@H](O)[C@@H](O)[C@H](O)[C@H](O)C=O. The van der Waals surface area contributed by atoms with Crippen LogP contribution in [-0.2, 0) is 14.3 Å². The van der Waals surface area contributed by atoms with E-state index in [9.17, 15) is 19.8 Å². The van der Waals surface area contributed by atoms with Gasteiger partial charge in [-0.15, -0.1) is 0 Å². The zero-order valence-corrected chi connectivity index (χ0v) is 8.31. The van der Waals surface area contributed by atoms with Crippen molar-refractivity contribution in [1.29, 1.82) is 0 Å². The molecule has 0 aliphatic carbocycles. The molecule has 94 valence electrons. The van der Waals surface area contributed by atoms with Crippen LogP contribution in [0.4, 0.5) is 0 Å². The Morgan fingerprint density at radius 2 is 2.00 bits per heavy atom. The molecule has 0 aliphatic rings. The third-order valence-electron chi connectivity index (χ3n) is 1.79. The van der Waals surface area contributed by atoms with Crippen LogP contribution in [0.5, 0.6) is 0 Å². The largest absolute Gasteiger partial charge is 0.462 e. The number of aliphatic hydroxyl groups is 4. The fraction of sp³-hybridized carbons (Fsp3) is 0.750. The van der Waals surface area contributed by atoms with Gasteiger partial charge in [0.1, 0.15) is 32.4 Å². The number of carbonyl (C=O) groups excluding carboxylic acids is 2. The molecule has 0 aromatic rings. The van der Waals surface area contributed by atoms with Crippen LogP contribution in [0.1, 0.15) is 0 Å². The van der Waals surface area contributed by atoms with Gasteiger partial charge in [-0.25, -0.2) is 0 Å². The number of ether oxygens (including phenoxy) is 1. The van der Waals surface area contributed by atoms with Gasteiger partial charge in [-0.1, -0.05) is 0 Å². The molecule has 0 spiro atoms. The Kier molecular flexibility index (Phi) is 5.90. The average molecular weight is 238 g/mol. The van der Waals surface area contributed by atoms with Gasteiger partial charge in [-0.2, -0.15) is 0 Å². The molecule has 0 saturated carbocycles. The Labute approximate surface area is 92.7 Å². The molecule has 4 atom stereocenters. The van der Waals surface area contributed by atoms with E-state index in [2.05, 4.69) is 4.74 Å². The molecule has 0 saturated heterocycles. The summed E-state index contributed by atoms with van der Waals surface area (Å²) >= 11 is 0. The van der Waals surface area contributed by atoms with Crippen LogP contribution in [0.2, 0.25) is 1.41 Å². The van der Waals surface area contributed by atoms with E-state index < -0.39 is 43.5 Å². The van der Waals surface area contributed by atoms with Crippen molar-refractivity contribution in [2.24, 2.45) is 5.73 Å². The second-order valence-corrected chi connectivity index (χ2v) is 3.03. The van der Waals surface area contributed by atoms with Gasteiger partial charge < -0.3 is 35.7 Å². The number of hydrogen-bond acceptors (Lipinski definition) is 8. The van der Waals surface area contributed by atoms with Gasteiger partial charge in [0.2, 0.25) is 0 Å². The van der Waals surface area contributed by atoms with E-state index in [-0.39, 0.29) is 6.29 Å². The van der Waals surface area contributed by atoms with E-state index in [0.29, 0.717) is 0 Å². The number of aliphatic hydroxyl groups excluding tert-OH is 4. The lowest BCUT2D eigenvalue weighted by atomic mass is 10.0. The first kappa shape index (κ1) is 13.0. The third kappa shape index (κ3) is 4.64. The minimum absolute atomic E-state index is 0.00335. The number of rotatable bonds is 8. The zero-order valence-electron chi connectivity index (χ0n) is 9.31. The molecule has 0 bridgehead atoms. The van der Waals surface area contributed by atoms with Crippen LogP contribution in [0, 0.1) is 0 Å². The van der Waals surface area contributed by atoms with Crippen molar-refractivity contribution in [3.63, 3.8) is 0 Å². The summed E-state index contributed by atoms with van der Waals surface area (Å²) in [7, 11) is 0. The molecule has 8 heteroatoms. The predicted octanol–water partition coefficient (Wildman–Crippen LogP) is -3.87. The molecule has 0 unspecified atom stereocenters. The third-order valence-corrected chi connectivity index (χ3v) is 1.79. The Morgan fingerprint density at radius 1 is 1.38 bits per heavy atom. The summed E-state index contributed by atoms with van der Waals surface area (Å²) in [5.41, 5.74) is 1.77. The Hall–Kier alpha value is -1.06. The van der Waals surface area contributed by atoms with Gasteiger partial charge in [0, 0.05) is 0 Å². The summed E-state index contributed by atoms with van der Waals surface area (Å²) in [4.78, 5) is 20.9. The minimum Gasteiger partial charge on any atom is -0.462 e. The van der Waals surface area contributed by atoms with E-state index in [1.54, 1.807) is 5.73 Å². The van der Waals surface area contributed by atoms with Crippen LogP contribution in [0.15, 0.2) is 0 Å². The second-order valence-electron chi connectivity index (χ2n) is 3.03. The van der Waals surface area contributed by atoms with Crippen molar-refractivity contribution in [3.8, 4) is 0 Å². The smallest absolute Gasteiger partial charge is 0.319 e. The molecule has 0 radical (unpaired) electrons. The van der Waals surface area contributed by atoms with Crippen molar-refractivity contribution in [2.45, 2.75) is 24.4 Å². The summed E-state index contributed by atoms with van der Waals surface area (Å²) < 4.78 is 10.9. The maximum Gasteiger partial charge on any atom is 0.319 e. The highest BCUT2D eigenvalue weighted by atomic mass is 16.5. The first-order valence-corrected chi connectivity index (χ1v) is 4.41. The molecule has 0 aromatic heterocycles. The molecule has 0 heterocycles. The molecule has 0 aliphatic heterocycles. The van der Waals surface area contributed by atoms with Crippen molar-refractivity contribution in [3.05, 3.63) is 0 Å². The second kappa shape index (κ2) is 7.25. The standard InChI is InChI=1S/C8H15NO7/c9-1-6(13)16-3-5(12)8(15)7(14)4(11)2-10/h2,4-5,7-8,11-12,14-15H,1,3,9H2/t4-,5-,7-,8-/m1/s1/i/hD. The average Bonchev–Trinajstić information content (AvgIpc) is 2.33.